The molecule has 0 amide bonds. The molecule has 1 atom stereocenters. The average molecular weight is 298 g/mol. The highest BCUT2D eigenvalue weighted by Crippen LogP contribution is 2.52. The molecule has 0 aromatic heterocycles. The van der Waals surface area contributed by atoms with Crippen molar-refractivity contribution in [1.29, 1.82) is 0 Å². The first-order valence-electron chi connectivity index (χ1n) is 7.14. The molecule has 2 aliphatic rings. The van der Waals surface area contributed by atoms with Crippen LogP contribution < -0.4 is 4.74 Å². The van der Waals surface area contributed by atoms with Gasteiger partial charge in [0.1, 0.15) is 5.75 Å². The third-order valence-corrected chi connectivity index (χ3v) is 4.81. The molecule has 1 aromatic carbocycles. The zero-order chi connectivity index (χ0) is 16.3. The fourth-order valence-corrected chi connectivity index (χ4v) is 3.59. The molecule has 0 bridgehead atoms. The topological polar surface area (TPSA) is 63.6 Å². The summed E-state index contributed by atoms with van der Waals surface area (Å²) in [6.45, 7) is 5.39. The van der Waals surface area contributed by atoms with E-state index in [1.807, 2.05) is 6.92 Å². The molecule has 1 N–H and O–H groups in total. The summed E-state index contributed by atoms with van der Waals surface area (Å²) in [5.41, 5.74) is 0.0163. The lowest BCUT2D eigenvalue weighted by atomic mass is 9.57. The quantitative estimate of drug-likeness (QED) is 0.865. The lowest BCUT2D eigenvalue weighted by molar-refractivity contribution is -0.121. The van der Waals surface area contributed by atoms with Crippen molar-refractivity contribution in [2.24, 2.45) is 5.41 Å². The Bertz CT molecular complexity index is 767. The summed E-state index contributed by atoms with van der Waals surface area (Å²) >= 11 is 0. The Hall–Kier alpha value is -2.36. The fraction of sp³-hybridized carbons (Fsp3) is 0.333. The van der Waals surface area contributed by atoms with Gasteiger partial charge in [0.15, 0.2) is 11.5 Å². The zero-order valence-electron chi connectivity index (χ0n) is 13.1. The minimum Gasteiger partial charge on any atom is -0.504 e. The van der Waals surface area contributed by atoms with Crippen molar-refractivity contribution in [3.63, 3.8) is 0 Å². The number of hydrogen-bond acceptors (Lipinski definition) is 4. The van der Waals surface area contributed by atoms with Crippen molar-refractivity contribution in [3.8, 4) is 5.75 Å². The van der Waals surface area contributed by atoms with Crippen molar-refractivity contribution in [2.45, 2.75) is 26.2 Å². The molecule has 1 unspecified atom stereocenters. The molecule has 4 heteroatoms. The maximum Gasteiger partial charge on any atom is 0.227 e. The number of carbonyl (C=O) groups is 2. The Morgan fingerprint density at radius 2 is 1.82 bits per heavy atom. The Morgan fingerprint density at radius 1 is 1.14 bits per heavy atom. The number of hydrogen-bond donors (Lipinski definition) is 1. The maximum absolute atomic E-state index is 12.5. The van der Waals surface area contributed by atoms with E-state index in [0.29, 0.717) is 16.9 Å². The van der Waals surface area contributed by atoms with E-state index in [1.54, 1.807) is 45.2 Å². The Balaban J connectivity index is 2.39. The predicted octanol–water partition coefficient (Wildman–Crippen LogP) is 3.13. The third kappa shape index (κ3) is 1.64. The van der Waals surface area contributed by atoms with Crippen LogP contribution in [0.25, 0.3) is 0 Å². The number of carbonyl (C=O) groups excluding carboxylic acids is 2. The van der Waals surface area contributed by atoms with Gasteiger partial charge in [0, 0.05) is 16.6 Å². The van der Waals surface area contributed by atoms with Crippen LogP contribution in [0, 0.1) is 5.41 Å². The van der Waals surface area contributed by atoms with Gasteiger partial charge in [-0.25, -0.2) is 0 Å². The third-order valence-electron chi connectivity index (χ3n) is 4.81. The standard InChI is InChI=1S/C18H18O4/c1-17(2)13(19)7-8-18(3)12-9-10(22-4)5-6-11(12)14(20)15(21)16(17)18/h5-9,21H,1-4H3. The number of fused-ring (bicyclic) bond motifs is 3. The van der Waals surface area contributed by atoms with Gasteiger partial charge in [0.05, 0.1) is 12.5 Å². The average Bonchev–Trinajstić information content (AvgIpc) is 2.48. The van der Waals surface area contributed by atoms with E-state index in [0.717, 1.165) is 5.56 Å². The highest BCUT2D eigenvalue weighted by atomic mass is 16.5. The summed E-state index contributed by atoms with van der Waals surface area (Å²) < 4.78 is 5.26. The molecule has 3 rings (SSSR count). The molecule has 22 heavy (non-hydrogen) atoms. The molecule has 0 radical (unpaired) electrons. The highest BCUT2D eigenvalue weighted by Gasteiger charge is 2.51. The van der Waals surface area contributed by atoms with Gasteiger partial charge < -0.3 is 9.84 Å². The fourth-order valence-electron chi connectivity index (χ4n) is 3.59. The zero-order valence-corrected chi connectivity index (χ0v) is 13.1. The van der Waals surface area contributed by atoms with Gasteiger partial charge in [-0.05, 0) is 50.6 Å². The number of ketones is 2. The van der Waals surface area contributed by atoms with Gasteiger partial charge in [-0.2, -0.15) is 0 Å². The van der Waals surface area contributed by atoms with Crippen LogP contribution >= 0.6 is 0 Å². The minimum absolute atomic E-state index is 0.120. The van der Waals surface area contributed by atoms with E-state index in [1.165, 1.54) is 6.08 Å². The second-order valence-electron chi connectivity index (χ2n) is 6.49. The summed E-state index contributed by atoms with van der Waals surface area (Å²) in [6, 6.07) is 5.16. The van der Waals surface area contributed by atoms with Gasteiger partial charge in [-0.15, -0.1) is 0 Å². The lowest BCUT2D eigenvalue weighted by Crippen LogP contribution is -2.44. The second kappa shape index (κ2) is 4.32. The van der Waals surface area contributed by atoms with E-state index in [2.05, 4.69) is 0 Å². The number of aliphatic hydroxyl groups is 1. The molecular weight excluding hydrogens is 280 g/mol. The Labute approximate surface area is 129 Å². The van der Waals surface area contributed by atoms with Gasteiger partial charge >= 0.3 is 0 Å². The molecule has 4 nitrogen and oxygen atoms in total. The molecule has 114 valence electrons. The van der Waals surface area contributed by atoms with Crippen molar-refractivity contribution in [1.82, 2.24) is 0 Å². The first-order valence-corrected chi connectivity index (χ1v) is 7.14. The number of allylic oxidation sites excluding steroid dienone is 4. The highest BCUT2D eigenvalue weighted by molar-refractivity contribution is 6.13. The SMILES string of the molecule is COc1ccc2c(c1)C1(C)C=CC(=O)C(C)(C)C1=C(O)C2=O. The van der Waals surface area contributed by atoms with Gasteiger partial charge in [-0.1, -0.05) is 6.08 Å². The summed E-state index contributed by atoms with van der Waals surface area (Å²) in [7, 11) is 1.56. The van der Waals surface area contributed by atoms with Crippen LogP contribution in [0.1, 0.15) is 36.7 Å². The van der Waals surface area contributed by atoms with Crippen molar-refractivity contribution in [2.75, 3.05) is 7.11 Å². The largest absolute Gasteiger partial charge is 0.504 e. The van der Waals surface area contributed by atoms with Gasteiger partial charge in [0.2, 0.25) is 5.78 Å². The van der Waals surface area contributed by atoms with Crippen molar-refractivity contribution >= 4 is 11.6 Å². The van der Waals surface area contributed by atoms with Crippen molar-refractivity contribution in [3.05, 3.63) is 52.8 Å². The normalized spacial score (nSPS) is 25.8. The van der Waals surface area contributed by atoms with Crippen LogP contribution in [0.2, 0.25) is 0 Å². The van der Waals surface area contributed by atoms with E-state index in [9.17, 15) is 14.7 Å². The summed E-state index contributed by atoms with van der Waals surface area (Å²) in [6.07, 6.45) is 3.30. The molecule has 0 fully saturated rings. The lowest BCUT2D eigenvalue weighted by Gasteiger charge is -2.44. The first kappa shape index (κ1) is 14.6. The number of Topliss-reactive ketones (excluding diaryl/α,β-unsaturated/α-hetero) is 1. The van der Waals surface area contributed by atoms with Crippen LogP contribution in [0.3, 0.4) is 0 Å². The Morgan fingerprint density at radius 3 is 2.45 bits per heavy atom. The van der Waals surface area contributed by atoms with Crippen LogP contribution in [-0.4, -0.2) is 23.8 Å². The molecule has 2 aliphatic carbocycles. The molecule has 0 aliphatic heterocycles. The van der Waals surface area contributed by atoms with Gasteiger partial charge in [-0.3, -0.25) is 9.59 Å². The van der Waals surface area contributed by atoms with Crippen molar-refractivity contribution < 1.29 is 19.4 Å². The minimum atomic E-state index is -0.927. The number of aliphatic hydroxyl groups excluding tert-OH is 1. The smallest absolute Gasteiger partial charge is 0.227 e. The first-order chi connectivity index (χ1) is 10.2. The van der Waals surface area contributed by atoms with E-state index < -0.39 is 16.6 Å². The molecule has 0 spiro atoms. The van der Waals surface area contributed by atoms with Crippen LogP contribution in [0.15, 0.2) is 41.7 Å². The number of benzene rings is 1. The second-order valence-corrected chi connectivity index (χ2v) is 6.49. The predicted molar refractivity (Wildman–Crippen MR) is 82.3 cm³/mol. The molecule has 1 aromatic rings. The van der Waals surface area contributed by atoms with Crippen LogP contribution in [0.5, 0.6) is 5.75 Å². The number of ether oxygens (including phenoxy) is 1. The van der Waals surface area contributed by atoms with E-state index in [-0.39, 0.29) is 11.5 Å². The molecular formula is C18H18O4. The van der Waals surface area contributed by atoms with E-state index in [4.69, 9.17) is 4.74 Å². The summed E-state index contributed by atoms with van der Waals surface area (Å²) in [5.74, 6) is -0.244. The van der Waals surface area contributed by atoms with Crippen LogP contribution in [-0.2, 0) is 10.2 Å². The molecule has 0 saturated carbocycles. The summed E-state index contributed by atoms with van der Waals surface area (Å²) in [4.78, 5) is 24.8. The number of rotatable bonds is 1. The number of methoxy groups -OCH3 is 1. The van der Waals surface area contributed by atoms with Crippen LogP contribution in [0.4, 0.5) is 0 Å². The summed E-state index contributed by atoms with van der Waals surface area (Å²) in [5, 5.41) is 10.5. The maximum atomic E-state index is 12.5. The molecule has 0 saturated heterocycles. The van der Waals surface area contributed by atoms with Gasteiger partial charge in [0.25, 0.3) is 0 Å². The monoisotopic (exact) mass is 298 g/mol. The molecule has 0 heterocycles. The Kier molecular flexibility index (Phi) is 2.86. The van der Waals surface area contributed by atoms with E-state index >= 15 is 0 Å².